The van der Waals surface area contributed by atoms with Crippen molar-refractivity contribution in [1.82, 2.24) is 4.98 Å². The van der Waals surface area contributed by atoms with Crippen LogP contribution in [0.2, 0.25) is 0 Å². The molecule has 0 saturated carbocycles. The number of aromatic nitrogens is 1. The van der Waals surface area contributed by atoms with E-state index in [0.717, 1.165) is 11.1 Å². The van der Waals surface area contributed by atoms with Gasteiger partial charge < -0.3 is 10.4 Å². The third kappa shape index (κ3) is 3.49. The van der Waals surface area contributed by atoms with Crippen molar-refractivity contribution >= 4 is 11.5 Å². The highest BCUT2D eigenvalue weighted by Crippen LogP contribution is 2.13. The first-order valence-electron chi connectivity index (χ1n) is 5.72. The van der Waals surface area contributed by atoms with E-state index in [0.29, 0.717) is 12.4 Å². The second-order valence-electron chi connectivity index (χ2n) is 3.99. The highest BCUT2D eigenvalue weighted by Gasteiger charge is 2.04. The predicted octanol–water partition coefficient (Wildman–Crippen LogP) is 2.09. The van der Waals surface area contributed by atoms with Gasteiger partial charge in [-0.05, 0) is 17.2 Å². The molecule has 0 aliphatic carbocycles. The van der Waals surface area contributed by atoms with E-state index in [9.17, 15) is 10.1 Å². The molecule has 0 atom stereocenters. The lowest BCUT2D eigenvalue weighted by atomic mass is 10.1. The molecule has 6 heteroatoms. The zero-order valence-corrected chi connectivity index (χ0v) is 10.1. The Labute approximate surface area is 109 Å². The van der Waals surface area contributed by atoms with E-state index in [1.807, 2.05) is 24.3 Å². The number of aliphatic hydroxyl groups is 1. The van der Waals surface area contributed by atoms with Crippen LogP contribution in [0.15, 0.2) is 42.6 Å². The van der Waals surface area contributed by atoms with E-state index >= 15 is 0 Å². The summed E-state index contributed by atoms with van der Waals surface area (Å²) in [7, 11) is 0. The predicted molar refractivity (Wildman–Crippen MR) is 70.6 cm³/mol. The van der Waals surface area contributed by atoms with E-state index in [4.69, 9.17) is 5.11 Å². The summed E-state index contributed by atoms with van der Waals surface area (Å²) in [4.78, 5) is 14.0. The quantitative estimate of drug-likeness (QED) is 0.634. The van der Waals surface area contributed by atoms with Crippen molar-refractivity contribution in [1.29, 1.82) is 0 Å². The normalized spacial score (nSPS) is 10.2. The highest BCUT2D eigenvalue weighted by atomic mass is 16.6. The molecule has 98 valence electrons. The van der Waals surface area contributed by atoms with Gasteiger partial charge in [-0.1, -0.05) is 24.3 Å². The molecular weight excluding hydrogens is 246 g/mol. The van der Waals surface area contributed by atoms with Crippen LogP contribution in [-0.2, 0) is 13.2 Å². The Morgan fingerprint density at radius 2 is 2.05 bits per heavy atom. The zero-order valence-electron chi connectivity index (χ0n) is 10.1. The summed E-state index contributed by atoms with van der Waals surface area (Å²) in [5.41, 5.74) is 1.82. The molecule has 0 fully saturated rings. The van der Waals surface area contributed by atoms with Gasteiger partial charge in [-0.3, -0.25) is 10.1 Å². The van der Waals surface area contributed by atoms with Gasteiger partial charge in [0.05, 0.1) is 11.5 Å². The first-order valence-corrected chi connectivity index (χ1v) is 5.72. The first kappa shape index (κ1) is 13.0. The lowest BCUT2D eigenvalue weighted by Crippen LogP contribution is -2.02. The van der Waals surface area contributed by atoms with Crippen LogP contribution in [0.5, 0.6) is 0 Å². The third-order valence-electron chi connectivity index (χ3n) is 2.61. The molecule has 6 nitrogen and oxygen atoms in total. The number of benzene rings is 1. The number of nitro groups is 1. The number of hydrogen-bond acceptors (Lipinski definition) is 5. The Morgan fingerprint density at radius 3 is 2.68 bits per heavy atom. The van der Waals surface area contributed by atoms with Crippen LogP contribution < -0.4 is 5.32 Å². The number of aliphatic hydroxyl groups excluding tert-OH is 1. The minimum absolute atomic E-state index is 0.00359. The lowest BCUT2D eigenvalue weighted by molar-refractivity contribution is -0.385. The summed E-state index contributed by atoms with van der Waals surface area (Å²) in [6.07, 6.45) is 1.21. The minimum atomic E-state index is -0.485. The maximum absolute atomic E-state index is 10.5. The molecule has 2 aromatic rings. The van der Waals surface area contributed by atoms with Crippen LogP contribution in [0.25, 0.3) is 0 Å². The van der Waals surface area contributed by atoms with Crippen LogP contribution in [0.3, 0.4) is 0 Å². The van der Waals surface area contributed by atoms with Gasteiger partial charge in [0.1, 0.15) is 12.0 Å². The molecule has 1 aromatic carbocycles. The molecule has 0 saturated heterocycles. The highest BCUT2D eigenvalue weighted by molar-refractivity contribution is 5.41. The van der Waals surface area contributed by atoms with Crippen LogP contribution in [0.4, 0.5) is 11.5 Å². The number of anilines is 1. The van der Waals surface area contributed by atoms with Crippen molar-refractivity contribution in [3.05, 3.63) is 63.8 Å². The van der Waals surface area contributed by atoms with Gasteiger partial charge >= 0.3 is 0 Å². The summed E-state index contributed by atoms with van der Waals surface area (Å²) < 4.78 is 0. The fourth-order valence-electron chi connectivity index (χ4n) is 1.63. The maximum Gasteiger partial charge on any atom is 0.287 e. The van der Waals surface area contributed by atoms with E-state index in [2.05, 4.69) is 10.3 Å². The molecule has 19 heavy (non-hydrogen) atoms. The van der Waals surface area contributed by atoms with E-state index in [-0.39, 0.29) is 12.3 Å². The lowest BCUT2D eigenvalue weighted by Gasteiger charge is -2.06. The van der Waals surface area contributed by atoms with Gasteiger partial charge in [0.15, 0.2) is 0 Å². The number of nitrogens with zero attached hydrogens (tertiary/aromatic N) is 2. The summed E-state index contributed by atoms with van der Waals surface area (Å²) in [6.45, 7) is 0.544. The third-order valence-corrected chi connectivity index (χ3v) is 2.61. The number of pyridine rings is 1. The molecule has 0 spiro atoms. The molecule has 2 rings (SSSR count). The SMILES string of the molecule is O=[N+]([O-])c1ccc(NCc2cccc(CO)c2)nc1. The summed E-state index contributed by atoms with van der Waals surface area (Å²) >= 11 is 0. The van der Waals surface area contributed by atoms with Crippen molar-refractivity contribution < 1.29 is 10.0 Å². The van der Waals surface area contributed by atoms with Gasteiger partial charge in [-0.2, -0.15) is 0 Å². The molecule has 0 amide bonds. The first-order chi connectivity index (χ1) is 9.19. The second kappa shape index (κ2) is 5.92. The molecular formula is C13H13N3O3. The number of nitrogens with one attached hydrogen (secondary N) is 1. The topological polar surface area (TPSA) is 88.3 Å². The average Bonchev–Trinajstić information content (AvgIpc) is 2.46. The molecule has 2 N–H and O–H groups in total. The summed E-state index contributed by atoms with van der Waals surface area (Å²) in [5.74, 6) is 0.569. The van der Waals surface area contributed by atoms with Gasteiger partial charge in [0.25, 0.3) is 5.69 Å². The molecule has 1 heterocycles. The Morgan fingerprint density at radius 1 is 1.26 bits per heavy atom. The van der Waals surface area contributed by atoms with Crippen LogP contribution in [0, 0.1) is 10.1 Å². The van der Waals surface area contributed by atoms with Crippen LogP contribution >= 0.6 is 0 Å². The smallest absolute Gasteiger partial charge is 0.287 e. The monoisotopic (exact) mass is 259 g/mol. The standard InChI is InChI=1S/C13H13N3O3/c17-9-11-3-1-2-10(6-11)7-14-13-5-4-12(8-15-13)16(18)19/h1-6,8,17H,7,9H2,(H,14,15). The summed E-state index contributed by atoms with van der Waals surface area (Å²) in [5, 5.41) is 22.6. The molecule has 0 bridgehead atoms. The second-order valence-corrected chi connectivity index (χ2v) is 3.99. The molecule has 0 aliphatic heterocycles. The van der Waals surface area contributed by atoms with Gasteiger partial charge in [-0.25, -0.2) is 4.98 Å². The molecule has 0 aliphatic rings. The Balaban J connectivity index is 1.99. The molecule has 0 unspecified atom stereocenters. The molecule has 0 radical (unpaired) electrons. The summed E-state index contributed by atoms with van der Waals surface area (Å²) in [6, 6.07) is 10.5. The Kier molecular flexibility index (Phi) is 4.04. The fourth-order valence-corrected chi connectivity index (χ4v) is 1.63. The van der Waals surface area contributed by atoms with E-state index < -0.39 is 4.92 Å². The van der Waals surface area contributed by atoms with E-state index in [1.54, 1.807) is 6.07 Å². The van der Waals surface area contributed by atoms with Crippen molar-refractivity contribution in [3.63, 3.8) is 0 Å². The minimum Gasteiger partial charge on any atom is -0.392 e. The van der Waals surface area contributed by atoms with Gasteiger partial charge in [0, 0.05) is 12.6 Å². The Hall–Kier alpha value is -2.47. The van der Waals surface area contributed by atoms with Crippen molar-refractivity contribution in [2.45, 2.75) is 13.2 Å². The van der Waals surface area contributed by atoms with Crippen LogP contribution in [0.1, 0.15) is 11.1 Å². The Bertz CT molecular complexity index is 570. The van der Waals surface area contributed by atoms with Crippen molar-refractivity contribution in [3.8, 4) is 0 Å². The van der Waals surface area contributed by atoms with Crippen molar-refractivity contribution in [2.24, 2.45) is 0 Å². The number of hydrogen-bond donors (Lipinski definition) is 2. The fraction of sp³-hybridized carbons (Fsp3) is 0.154. The van der Waals surface area contributed by atoms with Gasteiger partial charge in [-0.15, -0.1) is 0 Å². The van der Waals surface area contributed by atoms with Gasteiger partial charge in [0.2, 0.25) is 0 Å². The maximum atomic E-state index is 10.5. The van der Waals surface area contributed by atoms with E-state index in [1.165, 1.54) is 12.3 Å². The van der Waals surface area contributed by atoms with Crippen LogP contribution in [-0.4, -0.2) is 15.0 Å². The van der Waals surface area contributed by atoms with Crippen molar-refractivity contribution in [2.75, 3.05) is 5.32 Å². The molecule has 1 aromatic heterocycles. The zero-order chi connectivity index (χ0) is 13.7. The number of rotatable bonds is 5. The largest absolute Gasteiger partial charge is 0.392 e. The average molecular weight is 259 g/mol.